The summed E-state index contributed by atoms with van der Waals surface area (Å²) in [6.45, 7) is 5.07. The molecule has 52 heavy (non-hydrogen) atoms. The van der Waals surface area contributed by atoms with Crippen molar-refractivity contribution < 1.29 is 28.8 Å². The van der Waals surface area contributed by atoms with Gasteiger partial charge in [-0.2, -0.15) is 0 Å². The van der Waals surface area contributed by atoms with E-state index < -0.39 is 6.29 Å². The van der Waals surface area contributed by atoms with E-state index >= 15 is 0 Å². The Morgan fingerprint density at radius 1 is 0.788 bits per heavy atom. The number of carbonyl (C=O) groups excluding carboxylic acids is 1. The van der Waals surface area contributed by atoms with Gasteiger partial charge in [-0.1, -0.05) is 85.8 Å². The number of benzene rings is 5. The van der Waals surface area contributed by atoms with Crippen LogP contribution in [0.5, 0.6) is 11.5 Å². The lowest BCUT2D eigenvalue weighted by Crippen LogP contribution is -2.45. The van der Waals surface area contributed by atoms with Crippen LogP contribution < -0.4 is 14.8 Å². The molecule has 0 saturated carbocycles. The van der Waals surface area contributed by atoms with Crippen molar-refractivity contribution in [3.63, 3.8) is 0 Å². The van der Waals surface area contributed by atoms with E-state index in [-0.39, 0.29) is 30.6 Å². The standard InChI is InChI=1S/C44H46N2O6/c1-29-41(27-46-20-19-36-23-39(49-2)40(50-3)24-38(36)26-46)51-44(52-42(29)32-17-15-30(28-47)16-18-32)37-14-8-13-35(22-37)34-12-7-9-31(21-34)25-45-43(48)33-10-5-4-6-11-33/h4-18,21-24,29,41-42,44,47H,19-20,25-28H2,1-3H3,(H,45,48)/t29-,41+,42+,44+/m1/s1. The minimum absolute atomic E-state index is 0.00377. The molecule has 0 radical (unpaired) electrons. The summed E-state index contributed by atoms with van der Waals surface area (Å²) in [6, 6.07) is 38.1. The lowest BCUT2D eigenvalue weighted by atomic mass is 9.89. The highest BCUT2D eigenvalue weighted by Gasteiger charge is 2.39. The monoisotopic (exact) mass is 698 g/mol. The Morgan fingerprint density at radius 3 is 2.23 bits per heavy atom. The quantitative estimate of drug-likeness (QED) is 0.147. The van der Waals surface area contributed by atoms with Crippen molar-refractivity contribution >= 4 is 5.91 Å². The fourth-order valence-corrected chi connectivity index (χ4v) is 7.28. The van der Waals surface area contributed by atoms with Crippen molar-refractivity contribution in [2.45, 2.75) is 51.5 Å². The van der Waals surface area contributed by atoms with E-state index in [0.29, 0.717) is 12.1 Å². The molecule has 5 aromatic carbocycles. The van der Waals surface area contributed by atoms with Crippen LogP contribution in [0, 0.1) is 5.92 Å². The molecule has 0 aliphatic carbocycles. The molecule has 2 aliphatic rings. The van der Waals surface area contributed by atoms with E-state index in [0.717, 1.165) is 70.9 Å². The topological polar surface area (TPSA) is 89.5 Å². The highest BCUT2D eigenvalue weighted by atomic mass is 16.7. The molecule has 1 amide bonds. The van der Waals surface area contributed by atoms with Crippen LogP contribution in [-0.2, 0) is 35.6 Å². The zero-order valence-corrected chi connectivity index (χ0v) is 30.0. The first-order valence-electron chi connectivity index (χ1n) is 17.9. The van der Waals surface area contributed by atoms with Crippen LogP contribution >= 0.6 is 0 Å². The molecule has 2 heterocycles. The average molecular weight is 699 g/mol. The predicted octanol–water partition coefficient (Wildman–Crippen LogP) is 7.64. The van der Waals surface area contributed by atoms with E-state index in [2.05, 4.69) is 71.7 Å². The van der Waals surface area contributed by atoms with E-state index in [4.69, 9.17) is 18.9 Å². The van der Waals surface area contributed by atoms with Gasteiger partial charge < -0.3 is 29.4 Å². The van der Waals surface area contributed by atoms with Gasteiger partial charge in [0.15, 0.2) is 17.8 Å². The maximum absolute atomic E-state index is 12.7. The zero-order chi connectivity index (χ0) is 36.0. The number of aliphatic hydroxyl groups is 1. The molecule has 0 unspecified atom stereocenters. The second-order valence-electron chi connectivity index (χ2n) is 13.7. The first-order valence-corrected chi connectivity index (χ1v) is 17.9. The smallest absolute Gasteiger partial charge is 0.251 e. The van der Waals surface area contributed by atoms with Crippen molar-refractivity contribution in [3.05, 3.63) is 154 Å². The van der Waals surface area contributed by atoms with E-state index in [1.54, 1.807) is 14.2 Å². The molecular formula is C44H46N2O6. The van der Waals surface area contributed by atoms with Crippen molar-refractivity contribution in [2.24, 2.45) is 5.92 Å². The van der Waals surface area contributed by atoms with Gasteiger partial charge >= 0.3 is 0 Å². The summed E-state index contributed by atoms with van der Waals surface area (Å²) in [4.78, 5) is 15.1. The third-order valence-electron chi connectivity index (χ3n) is 10.3. The molecule has 0 spiro atoms. The third-order valence-corrected chi connectivity index (χ3v) is 10.3. The average Bonchev–Trinajstić information content (AvgIpc) is 3.20. The van der Waals surface area contributed by atoms with E-state index in [1.807, 2.05) is 60.7 Å². The summed E-state index contributed by atoms with van der Waals surface area (Å²) in [5.74, 6) is 1.47. The number of amides is 1. The summed E-state index contributed by atoms with van der Waals surface area (Å²) < 4.78 is 24.9. The molecule has 5 aromatic rings. The predicted molar refractivity (Wildman–Crippen MR) is 201 cm³/mol. The normalized spacial score (nSPS) is 20.2. The van der Waals surface area contributed by atoms with Gasteiger partial charge in [0.1, 0.15) is 0 Å². The molecule has 8 nitrogen and oxygen atoms in total. The molecule has 1 saturated heterocycles. The SMILES string of the molecule is COc1cc2c(cc1OC)CN(C[C@@H]1O[C@H](c3cccc(-c4cccc(CNC(=O)c5ccccc5)c4)c3)O[C@H](c3ccc(CO)cc3)[C@@H]1C)CC2. The largest absolute Gasteiger partial charge is 0.493 e. The second kappa shape index (κ2) is 16.1. The second-order valence-corrected chi connectivity index (χ2v) is 13.7. The van der Waals surface area contributed by atoms with Crippen LogP contribution in [0.15, 0.2) is 115 Å². The number of carbonyl (C=O) groups is 1. The summed E-state index contributed by atoms with van der Waals surface area (Å²) in [6.07, 6.45) is 0.0135. The summed E-state index contributed by atoms with van der Waals surface area (Å²) in [5.41, 5.74) is 9.13. The molecule has 2 N–H and O–H groups in total. The van der Waals surface area contributed by atoms with Gasteiger partial charge in [0.05, 0.1) is 33.0 Å². The number of nitrogens with zero attached hydrogens (tertiary/aromatic N) is 1. The number of ether oxygens (including phenoxy) is 4. The molecule has 8 heteroatoms. The fraction of sp³-hybridized carbons (Fsp3) is 0.295. The first-order chi connectivity index (χ1) is 25.4. The number of rotatable bonds is 11. The molecule has 2 aliphatic heterocycles. The minimum atomic E-state index is -0.585. The number of nitrogens with one attached hydrogen (secondary N) is 1. The van der Waals surface area contributed by atoms with Gasteiger partial charge in [-0.05, 0) is 81.8 Å². The van der Waals surface area contributed by atoms with Crippen LogP contribution in [0.1, 0.15) is 63.1 Å². The number of aliphatic hydroxyl groups excluding tert-OH is 1. The lowest BCUT2D eigenvalue weighted by Gasteiger charge is -2.43. The van der Waals surface area contributed by atoms with Crippen LogP contribution in [0.2, 0.25) is 0 Å². The maximum Gasteiger partial charge on any atom is 0.251 e. The van der Waals surface area contributed by atoms with Gasteiger partial charge in [0, 0.05) is 43.2 Å². The Hall–Kier alpha value is -4.99. The third kappa shape index (κ3) is 7.91. The minimum Gasteiger partial charge on any atom is -0.493 e. The first kappa shape index (κ1) is 35.4. The Kier molecular flexibility index (Phi) is 11.0. The van der Waals surface area contributed by atoms with E-state index in [1.165, 1.54) is 11.1 Å². The molecular weight excluding hydrogens is 652 g/mol. The van der Waals surface area contributed by atoms with Crippen molar-refractivity contribution in [2.75, 3.05) is 27.3 Å². The summed E-state index contributed by atoms with van der Waals surface area (Å²) in [7, 11) is 3.35. The Morgan fingerprint density at radius 2 is 1.50 bits per heavy atom. The fourth-order valence-electron chi connectivity index (χ4n) is 7.28. The van der Waals surface area contributed by atoms with Gasteiger partial charge in [-0.3, -0.25) is 9.69 Å². The number of fused-ring (bicyclic) bond motifs is 1. The number of methoxy groups -OCH3 is 2. The summed E-state index contributed by atoms with van der Waals surface area (Å²) in [5, 5.41) is 12.7. The molecule has 268 valence electrons. The van der Waals surface area contributed by atoms with Gasteiger partial charge in [0.2, 0.25) is 0 Å². The highest BCUT2D eigenvalue weighted by Crippen LogP contribution is 2.43. The molecule has 0 bridgehead atoms. The van der Waals surface area contributed by atoms with Crippen LogP contribution in [0.4, 0.5) is 0 Å². The number of hydrogen-bond donors (Lipinski definition) is 2. The number of hydrogen-bond acceptors (Lipinski definition) is 7. The van der Waals surface area contributed by atoms with Crippen molar-refractivity contribution in [1.29, 1.82) is 0 Å². The highest BCUT2D eigenvalue weighted by molar-refractivity contribution is 5.94. The van der Waals surface area contributed by atoms with Gasteiger partial charge in [-0.15, -0.1) is 0 Å². The molecule has 4 atom stereocenters. The van der Waals surface area contributed by atoms with Crippen molar-refractivity contribution in [3.8, 4) is 22.6 Å². The van der Waals surface area contributed by atoms with E-state index in [9.17, 15) is 9.90 Å². The van der Waals surface area contributed by atoms with Gasteiger partial charge in [0.25, 0.3) is 5.91 Å². The summed E-state index contributed by atoms with van der Waals surface area (Å²) >= 11 is 0. The Labute approximate surface area is 305 Å². The zero-order valence-electron chi connectivity index (χ0n) is 30.0. The van der Waals surface area contributed by atoms with Gasteiger partial charge in [-0.25, -0.2) is 0 Å². The molecule has 1 fully saturated rings. The van der Waals surface area contributed by atoms with Crippen LogP contribution in [0.3, 0.4) is 0 Å². The molecule has 0 aromatic heterocycles. The Bertz CT molecular complexity index is 1980. The maximum atomic E-state index is 12.7. The van der Waals surface area contributed by atoms with Crippen molar-refractivity contribution in [1.82, 2.24) is 10.2 Å². The van der Waals surface area contributed by atoms with Crippen LogP contribution in [-0.4, -0.2) is 49.3 Å². The van der Waals surface area contributed by atoms with Crippen LogP contribution in [0.25, 0.3) is 11.1 Å². The molecule has 7 rings (SSSR count). The Balaban J connectivity index is 1.12. The lowest BCUT2D eigenvalue weighted by molar-refractivity contribution is -0.276.